The Morgan fingerprint density at radius 3 is 2.74 bits per heavy atom. The maximum Gasteiger partial charge on any atom is 0.141 e. The minimum atomic E-state index is -0.383. The molecule has 1 aromatic carbocycles. The molecule has 106 valence electrons. The summed E-state index contributed by atoms with van der Waals surface area (Å²) in [5, 5.41) is 12.5. The molecule has 1 aliphatic rings. The lowest BCUT2D eigenvalue weighted by Crippen LogP contribution is -2.45. The summed E-state index contributed by atoms with van der Waals surface area (Å²) in [7, 11) is 0. The zero-order valence-corrected chi connectivity index (χ0v) is 11.7. The molecule has 1 heterocycles. The van der Waals surface area contributed by atoms with Gasteiger partial charge in [0.05, 0.1) is 5.02 Å². The molecule has 5 heteroatoms. The van der Waals surface area contributed by atoms with Gasteiger partial charge in [0.1, 0.15) is 5.82 Å². The molecule has 3 nitrogen and oxygen atoms in total. The van der Waals surface area contributed by atoms with Gasteiger partial charge in [0.15, 0.2) is 0 Å². The van der Waals surface area contributed by atoms with Gasteiger partial charge < -0.3 is 10.4 Å². The van der Waals surface area contributed by atoms with Crippen LogP contribution in [0.1, 0.15) is 24.4 Å². The van der Waals surface area contributed by atoms with Crippen LogP contribution in [0.3, 0.4) is 0 Å². The molecule has 0 spiro atoms. The van der Waals surface area contributed by atoms with Crippen molar-refractivity contribution >= 4 is 11.6 Å². The fourth-order valence-electron chi connectivity index (χ4n) is 2.56. The molecule has 1 aliphatic heterocycles. The Morgan fingerprint density at radius 1 is 1.37 bits per heavy atom. The lowest BCUT2D eigenvalue weighted by molar-refractivity contribution is 0.154. The van der Waals surface area contributed by atoms with E-state index < -0.39 is 0 Å². The highest BCUT2D eigenvalue weighted by atomic mass is 35.5. The number of nitrogens with one attached hydrogen (secondary N) is 1. The van der Waals surface area contributed by atoms with Gasteiger partial charge in [-0.2, -0.15) is 0 Å². The lowest BCUT2D eigenvalue weighted by Gasteiger charge is -2.35. The summed E-state index contributed by atoms with van der Waals surface area (Å²) in [4.78, 5) is 2.37. The zero-order chi connectivity index (χ0) is 13.7. The van der Waals surface area contributed by atoms with Crippen LogP contribution in [-0.4, -0.2) is 42.8 Å². The number of piperazine rings is 1. The van der Waals surface area contributed by atoms with Gasteiger partial charge in [-0.1, -0.05) is 17.7 Å². The number of halogens is 2. The van der Waals surface area contributed by atoms with Crippen LogP contribution >= 0.6 is 11.6 Å². The molecular weight excluding hydrogens is 267 g/mol. The van der Waals surface area contributed by atoms with Crippen molar-refractivity contribution in [2.24, 2.45) is 0 Å². The van der Waals surface area contributed by atoms with Crippen molar-refractivity contribution in [1.82, 2.24) is 10.2 Å². The van der Waals surface area contributed by atoms with Crippen LogP contribution in [0, 0.1) is 5.82 Å². The smallest absolute Gasteiger partial charge is 0.141 e. The molecule has 1 aromatic rings. The molecule has 0 bridgehead atoms. The van der Waals surface area contributed by atoms with Crippen molar-refractivity contribution in [2.45, 2.75) is 18.9 Å². The van der Waals surface area contributed by atoms with E-state index in [0.29, 0.717) is 0 Å². The molecule has 2 rings (SSSR count). The molecule has 0 unspecified atom stereocenters. The number of hydrogen-bond donors (Lipinski definition) is 2. The van der Waals surface area contributed by atoms with E-state index in [1.165, 1.54) is 6.07 Å². The van der Waals surface area contributed by atoms with Gasteiger partial charge in [-0.3, -0.25) is 4.90 Å². The summed E-state index contributed by atoms with van der Waals surface area (Å²) < 4.78 is 13.3. The number of rotatable bonds is 5. The van der Waals surface area contributed by atoms with Gasteiger partial charge in [-0.05, 0) is 30.5 Å². The van der Waals surface area contributed by atoms with Gasteiger partial charge in [0.25, 0.3) is 0 Å². The van der Waals surface area contributed by atoms with E-state index in [4.69, 9.17) is 16.7 Å². The van der Waals surface area contributed by atoms with Crippen LogP contribution in [0.2, 0.25) is 5.02 Å². The van der Waals surface area contributed by atoms with Gasteiger partial charge in [-0.25, -0.2) is 4.39 Å². The van der Waals surface area contributed by atoms with Gasteiger partial charge in [0, 0.05) is 38.8 Å². The molecule has 0 radical (unpaired) electrons. The average Bonchev–Trinajstić information content (AvgIpc) is 2.44. The van der Waals surface area contributed by atoms with Crippen molar-refractivity contribution in [2.75, 3.05) is 32.8 Å². The van der Waals surface area contributed by atoms with Crippen LogP contribution in [-0.2, 0) is 0 Å². The number of aliphatic hydroxyl groups is 1. The van der Waals surface area contributed by atoms with Crippen molar-refractivity contribution in [3.05, 3.63) is 34.6 Å². The van der Waals surface area contributed by atoms with Gasteiger partial charge in [0.2, 0.25) is 0 Å². The van der Waals surface area contributed by atoms with E-state index in [1.54, 1.807) is 12.1 Å². The molecule has 1 fully saturated rings. The Kier molecular flexibility index (Phi) is 5.58. The summed E-state index contributed by atoms with van der Waals surface area (Å²) in [6, 6.07) is 5.13. The van der Waals surface area contributed by atoms with E-state index in [1.807, 2.05) is 0 Å². The topological polar surface area (TPSA) is 35.5 Å². The minimum absolute atomic E-state index is 0.168. The van der Waals surface area contributed by atoms with Crippen LogP contribution < -0.4 is 5.32 Å². The number of nitrogens with zero attached hydrogens (tertiary/aromatic N) is 1. The second-order valence-corrected chi connectivity index (χ2v) is 5.25. The Bertz CT molecular complexity index is 410. The molecule has 19 heavy (non-hydrogen) atoms. The molecule has 0 amide bonds. The maximum atomic E-state index is 13.3. The highest BCUT2D eigenvalue weighted by Gasteiger charge is 2.22. The first kappa shape index (κ1) is 14.7. The molecule has 2 N–H and O–H groups in total. The standard InChI is InChI=1S/C14H20ClFN2O/c15-12-10-11(3-4-13(12)16)14(2-1-9-19)18-7-5-17-6-8-18/h3-4,10,14,17,19H,1-2,5-9H2/t14-/m1/s1. The molecular formula is C14H20ClFN2O. The lowest BCUT2D eigenvalue weighted by atomic mass is 9.99. The second kappa shape index (κ2) is 7.20. The average molecular weight is 287 g/mol. The number of aliphatic hydroxyl groups excluding tert-OH is 1. The van der Waals surface area contributed by atoms with Crippen molar-refractivity contribution < 1.29 is 9.50 Å². The Hall–Kier alpha value is -0.680. The predicted octanol–water partition coefficient (Wildman–Crippen LogP) is 2.20. The zero-order valence-electron chi connectivity index (χ0n) is 10.9. The summed E-state index contributed by atoms with van der Waals surface area (Å²) in [5.41, 5.74) is 1.03. The number of hydrogen-bond acceptors (Lipinski definition) is 3. The van der Waals surface area contributed by atoms with E-state index in [9.17, 15) is 4.39 Å². The third-order valence-corrected chi connectivity index (χ3v) is 3.85. The molecule has 0 saturated carbocycles. The fourth-order valence-corrected chi connectivity index (χ4v) is 2.75. The summed E-state index contributed by atoms with van der Waals surface area (Å²) in [6.07, 6.45) is 1.60. The first-order valence-electron chi connectivity index (χ1n) is 6.73. The summed E-state index contributed by atoms with van der Waals surface area (Å²) >= 11 is 5.88. The van der Waals surface area contributed by atoms with E-state index >= 15 is 0 Å². The Labute approximate surface area is 118 Å². The van der Waals surface area contributed by atoms with Crippen LogP contribution in [0.5, 0.6) is 0 Å². The fraction of sp³-hybridized carbons (Fsp3) is 0.571. The maximum absolute atomic E-state index is 13.3. The van der Waals surface area contributed by atoms with E-state index in [2.05, 4.69) is 10.2 Å². The molecule has 1 saturated heterocycles. The Morgan fingerprint density at radius 2 is 2.11 bits per heavy atom. The minimum Gasteiger partial charge on any atom is -0.396 e. The molecule has 1 atom stereocenters. The third-order valence-electron chi connectivity index (χ3n) is 3.56. The highest BCUT2D eigenvalue weighted by molar-refractivity contribution is 6.30. The quantitative estimate of drug-likeness (QED) is 0.871. The van der Waals surface area contributed by atoms with Crippen molar-refractivity contribution in [1.29, 1.82) is 0 Å². The normalized spacial score (nSPS) is 18.5. The van der Waals surface area contributed by atoms with Crippen LogP contribution in [0.25, 0.3) is 0 Å². The highest BCUT2D eigenvalue weighted by Crippen LogP contribution is 2.29. The third kappa shape index (κ3) is 3.89. The first-order valence-corrected chi connectivity index (χ1v) is 7.10. The first-order chi connectivity index (χ1) is 9.22. The predicted molar refractivity (Wildman–Crippen MR) is 74.9 cm³/mol. The van der Waals surface area contributed by atoms with Gasteiger partial charge in [-0.15, -0.1) is 0 Å². The Balaban J connectivity index is 2.17. The largest absolute Gasteiger partial charge is 0.396 e. The van der Waals surface area contributed by atoms with E-state index in [-0.39, 0.29) is 23.5 Å². The monoisotopic (exact) mass is 286 g/mol. The molecule has 0 aliphatic carbocycles. The second-order valence-electron chi connectivity index (χ2n) is 4.84. The van der Waals surface area contributed by atoms with Crippen LogP contribution in [0.4, 0.5) is 4.39 Å². The van der Waals surface area contributed by atoms with Gasteiger partial charge >= 0.3 is 0 Å². The SMILES string of the molecule is OCCC[C@H](c1ccc(F)c(Cl)c1)N1CCNCC1. The number of benzene rings is 1. The van der Waals surface area contributed by atoms with Crippen molar-refractivity contribution in [3.63, 3.8) is 0 Å². The summed E-state index contributed by atoms with van der Waals surface area (Å²) in [6.45, 7) is 4.03. The summed E-state index contributed by atoms with van der Waals surface area (Å²) in [5.74, 6) is -0.383. The molecule has 0 aromatic heterocycles. The van der Waals surface area contributed by atoms with Crippen molar-refractivity contribution in [3.8, 4) is 0 Å². The van der Waals surface area contributed by atoms with E-state index in [0.717, 1.165) is 44.6 Å². The van der Waals surface area contributed by atoms with Crippen LogP contribution in [0.15, 0.2) is 18.2 Å².